The summed E-state index contributed by atoms with van der Waals surface area (Å²) in [6.45, 7) is 6.83. The van der Waals surface area contributed by atoms with Gasteiger partial charge in [0.05, 0.1) is 12.5 Å². The SMILES string of the molecule is COc1ccc2c3c1O[C@H]1C[C@H](OC(=O)CNC(=O)OC(C)(C)C)C=C[C@@]31CCN(C)C2.Cl. The molecule has 0 bridgehead atoms. The van der Waals surface area contributed by atoms with E-state index < -0.39 is 23.8 Å². The molecular weight excluding hydrogens is 448 g/mol. The van der Waals surface area contributed by atoms with E-state index in [-0.39, 0.29) is 30.5 Å². The minimum atomic E-state index is -0.649. The van der Waals surface area contributed by atoms with Crippen LogP contribution in [0.2, 0.25) is 0 Å². The first-order valence-electron chi connectivity index (χ1n) is 11.0. The number of carbonyl (C=O) groups excluding carboxylic acids is 2. The van der Waals surface area contributed by atoms with Gasteiger partial charge in [-0.3, -0.25) is 4.79 Å². The van der Waals surface area contributed by atoms with Crippen LogP contribution in [0, 0.1) is 0 Å². The van der Waals surface area contributed by atoms with Gasteiger partial charge in [0.1, 0.15) is 24.4 Å². The topological polar surface area (TPSA) is 86.3 Å². The van der Waals surface area contributed by atoms with Crippen LogP contribution in [-0.2, 0) is 26.2 Å². The summed E-state index contributed by atoms with van der Waals surface area (Å²) >= 11 is 0. The van der Waals surface area contributed by atoms with Gasteiger partial charge in [0.25, 0.3) is 0 Å². The number of nitrogens with one attached hydrogen (secondary N) is 1. The first-order chi connectivity index (χ1) is 15.1. The van der Waals surface area contributed by atoms with E-state index in [9.17, 15) is 9.59 Å². The molecule has 3 aliphatic rings. The van der Waals surface area contributed by atoms with Gasteiger partial charge >= 0.3 is 12.1 Å². The summed E-state index contributed by atoms with van der Waals surface area (Å²) in [5, 5.41) is 2.44. The van der Waals surface area contributed by atoms with Crippen molar-refractivity contribution in [1.29, 1.82) is 0 Å². The van der Waals surface area contributed by atoms with Crippen molar-refractivity contribution in [3.63, 3.8) is 0 Å². The molecule has 1 spiro atoms. The van der Waals surface area contributed by atoms with Gasteiger partial charge in [0.15, 0.2) is 11.5 Å². The molecule has 0 saturated heterocycles. The molecule has 0 unspecified atom stereocenters. The Bertz CT molecular complexity index is 944. The number of nitrogens with zero attached hydrogens (tertiary/aromatic N) is 1. The average molecular weight is 481 g/mol. The Morgan fingerprint density at radius 2 is 2.06 bits per heavy atom. The highest BCUT2D eigenvalue weighted by Gasteiger charge is 2.53. The third-order valence-electron chi connectivity index (χ3n) is 6.19. The minimum Gasteiger partial charge on any atom is -0.493 e. The third kappa shape index (κ3) is 5.06. The van der Waals surface area contributed by atoms with E-state index in [0.29, 0.717) is 6.42 Å². The number of hydrogen-bond acceptors (Lipinski definition) is 7. The van der Waals surface area contributed by atoms with Crippen molar-refractivity contribution in [2.24, 2.45) is 0 Å². The largest absolute Gasteiger partial charge is 0.493 e. The van der Waals surface area contributed by atoms with E-state index in [2.05, 4.69) is 29.4 Å². The first kappa shape index (κ1) is 25.2. The van der Waals surface area contributed by atoms with Crippen molar-refractivity contribution < 1.29 is 28.5 Å². The maximum atomic E-state index is 12.3. The van der Waals surface area contributed by atoms with Crippen molar-refractivity contribution >= 4 is 24.5 Å². The molecule has 0 saturated carbocycles. The number of ether oxygens (including phenoxy) is 4. The zero-order valence-electron chi connectivity index (χ0n) is 19.8. The molecule has 2 heterocycles. The minimum absolute atomic E-state index is 0. The second-order valence-electron chi connectivity index (χ2n) is 9.74. The molecule has 182 valence electrons. The molecule has 4 rings (SSSR count). The van der Waals surface area contributed by atoms with Gasteiger partial charge in [-0.25, -0.2) is 4.79 Å². The van der Waals surface area contributed by atoms with Crippen molar-refractivity contribution in [3.05, 3.63) is 35.4 Å². The molecule has 33 heavy (non-hydrogen) atoms. The Labute approximate surface area is 201 Å². The maximum absolute atomic E-state index is 12.3. The van der Waals surface area contributed by atoms with Crippen LogP contribution in [0.3, 0.4) is 0 Å². The van der Waals surface area contributed by atoms with Gasteiger partial charge in [-0.2, -0.15) is 0 Å². The molecule has 0 radical (unpaired) electrons. The van der Waals surface area contributed by atoms with Crippen molar-refractivity contribution in [2.45, 2.75) is 63.4 Å². The third-order valence-corrected chi connectivity index (χ3v) is 6.19. The monoisotopic (exact) mass is 480 g/mol. The first-order valence-corrected chi connectivity index (χ1v) is 11.0. The second-order valence-corrected chi connectivity index (χ2v) is 9.74. The van der Waals surface area contributed by atoms with E-state index >= 15 is 0 Å². The lowest BCUT2D eigenvalue weighted by Crippen LogP contribution is -2.44. The summed E-state index contributed by atoms with van der Waals surface area (Å²) in [6, 6.07) is 4.08. The smallest absolute Gasteiger partial charge is 0.408 e. The molecule has 9 heteroatoms. The molecule has 0 fully saturated rings. The molecule has 1 aromatic carbocycles. The molecule has 1 N–H and O–H groups in total. The van der Waals surface area contributed by atoms with E-state index in [4.69, 9.17) is 18.9 Å². The number of rotatable bonds is 4. The standard InChI is InChI=1S/C24H32N2O6.ClH/c1-23(2,3)32-22(28)25-13-19(27)30-16-8-9-24-10-11-26(4)14-15-6-7-17(29-5)21(20(15)24)31-18(24)12-16;/h6-9,16,18H,10-14H2,1-5H3,(H,25,28);1H/t16-,18+,24+;/m1./s1. The lowest BCUT2D eigenvalue weighted by Gasteiger charge is -2.36. The second kappa shape index (κ2) is 9.43. The van der Waals surface area contributed by atoms with E-state index in [1.807, 2.05) is 12.1 Å². The number of esters is 1. The van der Waals surface area contributed by atoms with Crippen LogP contribution in [0.5, 0.6) is 11.5 Å². The molecule has 8 nitrogen and oxygen atoms in total. The van der Waals surface area contributed by atoms with Crippen LogP contribution in [0.4, 0.5) is 4.79 Å². The number of amides is 1. The van der Waals surface area contributed by atoms with Crippen LogP contribution < -0.4 is 14.8 Å². The molecule has 2 aliphatic heterocycles. The summed E-state index contributed by atoms with van der Waals surface area (Å²) in [5.41, 5.74) is 1.54. The predicted molar refractivity (Wildman–Crippen MR) is 125 cm³/mol. The molecule has 1 aliphatic carbocycles. The summed E-state index contributed by atoms with van der Waals surface area (Å²) in [6.07, 6.45) is 4.32. The van der Waals surface area contributed by atoms with Crippen LogP contribution >= 0.6 is 12.4 Å². The summed E-state index contributed by atoms with van der Waals surface area (Å²) < 4.78 is 22.8. The quantitative estimate of drug-likeness (QED) is 0.522. The van der Waals surface area contributed by atoms with E-state index in [1.54, 1.807) is 27.9 Å². The van der Waals surface area contributed by atoms with Crippen molar-refractivity contribution in [3.8, 4) is 11.5 Å². The summed E-state index contributed by atoms with van der Waals surface area (Å²) in [7, 11) is 3.77. The van der Waals surface area contributed by atoms with Crippen molar-refractivity contribution in [1.82, 2.24) is 10.2 Å². The van der Waals surface area contributed by atoms with Crippen LogP contribution in [0.25, 0.3) is 0 Å². The zero-order chi connectivity index (χ0) is 23.1. The fourth-order valence-corrected chi connectivity index (χ4v) is 4.82. The molecule has 1 aromatic rings. The highest BCUT2D eigenvalue weighted by Crippen LogP contribution is 2.55. The fraction of sp³-hybridized carbons (Fsp3) is 0.583. The van der Waals surface area contributed by atoms with Crippen LogP contribution in [-0.4, -0.2) is 62.0 Å². The van der Waals surface area contributed by atoms with Crippen molar-refractivity contribution in [2.75, 3.05) is 27.2 Å². The number of carbonyl (C=O) groups is 2. The number of benzene rings is 1. The molecular formula is C24H33ClN2O6. The Hall–Kier alpha value is -2.45. The molecule has 0 aromatic heterocycles. The lowest BCUT2D eigenvalue weighted by molar-refractivity contribution is -0.147. The number of methoxy groups -OCH3 is 1. The van der Waals surface area contributed by atoms with Gasteiger partial charge < -0.3 is 29.2 Å². The highest BCUT2D eigenvalue weighted by molar-refractivity contribution is 5.85. The molecule has 3 atom stereocenters. The fourth-order valence-electron chi connectivity index (χ4n) is 4.82. The maximum Gasteiger partial charge on any atom is 0.408 e. The summed E-state index contributed by atoms with van der Waals surface area (Å²) in [4.78, 5) is 26.4. The number of hydrogen-bond donors (Lipinski definition) is 1. The highest BCUT2D eigenvalue weighted by atomic mass is 35.5. The van der Waals surface area contributed by atoms with Crippen LogP contribution in [0.1, 0.15) is 44.7 Å². The normalized spacial score (nSPS) is 25.5. The van der Waals surface area contributed by atoms with Gasteiger partial charge in [0, 0.05) is 18.5 Å². The Balaban J connectivity index is 0.00000306. The van der Waals surface area contributed by atoms with Gasteiger partial charge in [-0.15, -0.1) is 12.4 Å². The zero-order valence-corrected chi connectivity index (χ0v) is 20.6. The predicted octanol–water partition coefficient (Wildman–Crippen LogP) is 3.35. The van der Waals surface area contributed by atoms with Gasteiger partial charge in [-0.05, 0) is 58.5 Å². The lowest BCUT2D eigenvalue weighted by atomic mass is 9.69. The van der Waals surface area contributed by atoms with E-state index in [1.165, 1.54) is 11.1 Å². The Morgan fingerprint density at radius 3 is 2.76 bits per heavy atom. The number of halogens is 1. The Morgan fingerprint density at radius 1 is 1.30 bits per heavy atom. The Kier molecular flexibility index (Phi) is 7.19. The molecule has 1 amide bonds. The van der Waals surface area contributed by atoms with Gasteiger partial charge in [-0.1, -0.05) is 12.1 Å². The van der Waals surface area contributed by atoms with E-state index in [0.717, 1.165) is 31.0 Å². The number of alkyl carbamates (subject to hydrolysis) is 1. The average Bonchev–Trinajstić information content (AvgIpc) is 2.97. The van der Waals surface area contributed by atoms with Gasteiger partial charge in [0.2, 0.25) is 0 Å². The summed E-state index contributed by atoms with van der Waals surface area (Å²) in [5.74, 6) is 1.01. The van der Waals surface area contributed by atoms with Crippen LogP contribution in [0.15, 0.2) is 24.3 Å².